The van der Waals surface area contributed by atoms with Crippen molar-refractivity contribution in [3.8, 4) is 0 Å². The smallest absolute Gasteiger partial charge is 0.135 e. The van der Waals surface area contributed by atoms with E-state index in [1.165, 1.54) is 0 Å². The van der Waals surface area contributed by atoms with Crippen LogP contribution in [0.5, 0.6) is 0 Å². The SMILES string of the molecule is C=C/C=N\C=C/CNc1ccccc1C(NCCN(C)C)OC. The molecule has 0 amide bonds. The summed E-state index contributed by atoms with van der Waals surface area (Å²) in [5.41, 5.74) is 2.14. The molecule has 1 atom stereocenters. The Hall–Kier alpha value is -1.95. The van der Waals surface area contributed by atoms with Crippen LogP contribution < -0.4 is 10.6 Å². The molecule has 0 aliphatic carbocycles. The molecular weight excluding hydrogens is 288 g/mol. The molecule has 5 nitrogen and oxygen atoms in total. The molecule has 1 rings (SSSR count). The van der Waals surface area contributed by atoms with Gasteiger partial charge in [0.1, 0.15) is 6.23 Å². The van der Waals surface area contributed by atoms with Crippen molar-refractivity contribution in [1.82, 2.24) is 10.2 Å². The first-order chi connectivity index (χ1) is 11.2. The van der Waals surface area contributed by atoms with E-state index in [0.717, 1.165) is 24.3 Å². The Morgan fingerprint density at radius 1 is 1.35 bits per heavy atom. The van der Waals surface area contributed by atoms with Crippen molar-refractivity contribution in [2.45, 2.75) is 6.23 Å². The minimum absolute atomic E-state index is 0.138. The third-order valence-electron chi connectivity index (χ3n) is 3.16. The molecule has 0 saturated carbocycles. The van der Waals surface area contributed by atoms with Gasteiger partial charge in [-0.2, -0.15) is 0 Å². The molecule has 1 aromatic rings. The van der Waals surface area contributed by atoms with Gasteiger partial charge < -0.3 is 15.0 Å². The van der Waals surface area contributed by atoms with Gasteiger partial charge in [0.05, 0.1) is 0 Å². The summed E-state index contributed by atoms with van der Waals surface area (Å²) in [5, 5.41) is 6.81. The molecule has 0 fully saturated rings. The Morgan fingerprint density at radius 3 is 2.83 bits per heavy atom. The van der Waals surface area contributed by atoms with Crippen molar-refractivity contribution < 1.29 is 4.74 Å². The minimum Gasteiger partial charge on any atom is -0.381 e. The zero-order valence-electron chi connectivity index (χ0n) is 14.3. The van der Waals surface area contributed by atoms with Gasteiger partial charge in [-0.05, 0) is 26.2 Å². The van der Waals surface area contributed by atoms with Crippen molar-refractivity contribution in [3.63, 3.8) is 0 Å². The second kappa shape index (κ2) is 11.6. The zero-order valence-corrected chi connectivity index (χ0v) is 14.3. The van der Waals surface area contributed by atoms with Crippen LogP contribution in [0.15, 0.2) is 54.2 Å². The first kappa shape index (κ1) is 19.1. The number of ether oxygens (including phenoxy) is 1. The predicted octanol–water partition coefficient (Wildman–Crippen LogP) is 2.67. The molecule has 0 aliphatic heterocycles. The highest BCUT2D eigenvalue weighted by Gasteiger charge is 2.13. The summed E-state index contributed by atoms with van der Waals surface area (Å²) in [5.74, 6) is 0. The second-order valence-corrected chi connectivity index (χ2v) is 5.26. The molecule has 0 saturated heterocycles. The Balaban J connectivity index is 2.64. The number of nitrogens with zero attached hydrogens (tertiary/aromatic N) is 2. The third-order valence-corrected chi connectivity index (χ3v) is 3.16. The standard InChI is InChI=1S/C18H28N4O/c1-5-11-19-12-8-13-20-17-10-7-6-9-16(17)18(23-4)21-14-15-22(2)3/h5-12,18,20-21H,1,13-15H2,2-4H3/b12-8-,19-11-. The normalized spacial score (nSPS) is 13.0. The first-order valence-corrected chi connectivity index (χ1v) is 7.72. The van der Waals surface area contributed by atoms with Crippen LogP contribution in [-0.2, 0) is 4.74 Å². The molecule has 0 aromatic heterocycles. The third kappa shape index (κ3) is 7.74. The number of allylic oxidation sites excluding steroid dienone is 1. The van der Waals surface area contributed by atoms with E-state index in [1.807, 2.05) is 18.2 Å². The maximum atomic E-state index is 5.60. The van der Waals surface area contributed by atoms with Crippen LogP contribution in [0.25, 0.3) is 0 Å². The van der Waals surface area contributed by atoms with E-state index in [4.69, 9.17) is 4.74 Å². The van der Waals surface area contributed by atoms with Gasteiger partial charge in [0.15, 0.2) is 0 Å². The highest BCUT2D eigenvalue weighted by molar-refractivity contribution is 5.70. The number of nitrogens with one attached hydrogen (secondary N) is 2. The Labute approximate surface area is 139 Å². The fraction of sp³-hybridized carbons (Fsp3) is 0.389. The van der Waals surface area contributed by atoms with E-state index in [1.54, 1.807) is 25.6 Å². The molecule has 126 valence electrons. The lowest BCUT2D eigenvalue weighted by Gasteiger charge is -2.22. The fourth-order valence-electron chi connectivity index (χ4n) is 2.02. The van der Waals surface area contributed by atoms with Crippen LogP contribution in [0.1, 0.15) is 11.8 Å². The number of methoxy groups -OCH3 is 1. The van der Waals surface area contributed by atoms with Crippen LogP contribution in [0.4, 0.5) is 5.69 Å². The Bertz CT molecular complexity index is 511. The lowest BCUT2D eigenvalue weighted by Crippen LogP contribution is -2.31. The van der Waals surface area contributed by atoms with E-state index in [0.29, 0.717) is 6.54 Å². The molecule has 1 aromatic carbocycles. The topological polar surface area (TPSA) is 48.9 Å². The van der Waals surface area contributed by atoms with E-state index < -0.39 is 0 Å². The van der Waals surface area contributed by atoms with Crippen molar-refractivity contribution in [2.24, 2.45) is 4.99 Å². The van der Waals surface area contributed by atoms with Crippen LogP contribution in [-0.4, -0.2) is 52.0 Å². The van der Waals surface area contributed by atoms with E-state index in [-0.39, 0.29) is 6.23 Å². The number of benzene rings is 1. The summed E-state index contributed by atoms with van der Waals surface area (Å²) in [7, 11) is 5.83. The van der Waals surface area contributed by atoms with Crippen molar-refractivity contribution >= 4 is 11.9 Å². The maximum Gasteiger partial charge on any atom is 0.135 e. The minimum atomic E-state index is -0.138. The Kier molecular flexibility index (Phi) is 9.63. The molecule has 0 aliphatic rings. The van der Waals surface area contributed by atoms with Crippen LogP contribution in [0.2, 0.25) is 0 Å². The molecule has 0 radical (unpaired) electrons. The fourth-order valence-corrected chi connectivity index (χ4v) is 2.02. The van der Waals surface area contributed by atoms with E-state index in [9.17, 15) is 0 Å². The average Bonchev–Trinajstić information content (AvgIpc) is 2.55. The van der Waals surface area contributed by atoms with Gasteiger partial charge in [-0.15, -0.1) is 0 Å². The molecule has 1 unspecified atom stereocenters. The molecule has 5 heteroatoms. The molecule has 23 heavy (non-hydrogen) atoms. The monoisotopic (exact) mass is 316 g/mol. The largest absolute Gasteiger partial charge is 0.381 e. The molecule has 0 spiro atoms. The highest BCUT2D eigenvalue weighted by Crippen LogP contribution is 2.23. The number of rotatable bonds is 11. The highest BCUT2D eigenvalue weighted by atomic mass is 16.5. The van der Waals surface area contributed by atoms with Gasteiger partial charge in [-0.1, -0.05) is 30.9 Å². The number of para-hydroxylation sites is 1. The number of aliphatic imine (C=N–C) groups is 1. The van der Waals surface area contributed by atoms with Crippen molar-refractivity contribution in [2.75, 3.05) is 46.2 Å². The zero-order chi connectivity index (χ0) is 16.9. The van der Waals surface area contributed by atoms with Gasteiger partial charge in [0, 0.05) is 50.4 Å². The van der Waals surface area contributed by atoms with Crippen LogP contribution in [0.3, 0.4) is 0 Å². The summed E-state index contributed by atoms with van der Waals surface area (Å²) >= 11 is 0. The summed E-state index contributed by atoms with van der Waals surface area (Å²) in [6, 6.07) is 8.15. The number of hydrogen-bond donors (Lipinski definition) is 2. The molecular formula is C18H28N4O. The van der Waals surface area contributed by atoms with Crippen LogP contribution in [0, 0.1) is 0 Å². The Morgan fingerprint density at radius 2 is 2.13 bits per heavy atom. The summed E-state index contributed by atoms with van der Waals surface area (Å²) in [6.45, 7) is 6.09. The average molecular weight is 316 g/mol. The summed E-state index contributed by atoms with van der Waals surface area (Å²) in [6.07, 6.45) is 6.87. The molecule has 0 heterocycles. The predicted molar refractivity (Wildman–Crippen MR) is 99.1 cm³/mol. The summed E-state index contributed by atoms with van der Waals surface area (Å²) < 4.78 is 5.60. The molecule has 2 N–H and O–H groups in total. The van der Waals surface area contributed by atoms with Crippen molar-refractivity contribution in [1.29, 1.82) is 0 Å². The number of anilines is 1. The number of hydrogen-bond acceptors (Lipinski definition) is 5. The lowest BCUT2D eigenvalue weighted by atomic mass is 10.1. The van der Waals surface area contributed by atoms with Crippen molar-refractivity contribution in [3.05, 3.63) is 54.8 Å². The van der Waals surface area contributed by atoms with Gasteiger partial charge in [0.2, 0.25) is 0 Å². The number of likely N-dealkylation sites (N-methyl/N-ethyl adjacent to an activating group) is 1. The lowest BCUT2D eigenvalue weighted by molar-refractivity contribution is 0.0729. The van der Waals surface area contributed by atoms with Gasteiger partial charge in [0.25, 0.3) is 0 Å². The quantitative estimate of drug-likeness (QED) is 0.487. The van der Waals surface area contributed by atoms with Gasteiger partial charge >= 0.3 is 0 Å². The second-order valence-electron chi connectivity index (χ2n) is 5.26. The first-order valence-electron chi connectivity index (χ1n) is 7.72. The van der Waals surface area contributed by atoms with Crippen LogP contribution >= 0.6 is 0 Å². The van der Waals surface area contributed by atoms with E-state index in [2.05, 4.69) is 53.3 Å². The van der Waals surface area contributed by atoms with Gasteiger partial charge in [-0.25, -0.2) is 0 Å². The summed E-state index contributed by atoms with van der Waals surface area (Å²) in [4.78, 5) is 6.18. The van der Waals surface area contributed by atoms with E-state index >= 15 is 0 Å². The maximum absolute atomic E-state index is 5.60. The van der Waals surface area contributed by atoms with Gasteiger partial charge in [-0.3, -0.25) is 10.3 Å². The molecule has 0 bridgehead atoms.